The van der Waals surface area contributed by atoms with E-state index in [-0.39, 0.29) is 0 Å². The molecule has 1 aromatic rings. The molecule has 0 amide bonds. The molecule has 1 aliphatic carbocycles. The van der Waals surface area contributed by atoms with Crippen molar-refractivity contribution in [1.29, 1.82) is 0 Å². The molecule has 1 heteroatoms. The van der Waals surface area contributed by atoms with Crippen molar-refractivity contribution in [3.05, 3.63) is 48.0 Å². The molecule has 0 radical (unpaired) electrons. The van der Waals surface area contributed by atoms with E-state index < -0.39 is 0 Å². The van der Waals surface area contributed by atoms with Crippen LogP contribution in [0.5, 0.6) is 0 Å². The second-order valence-corrected chi connectivity index (χ2v) is 5.64. The number of hydrogen-bond donors (Lipinski definition) is 0. The van der Waals surface area contributed by atoms with Crippen molar-refractivity contribution in [2.75, 3.05) is 6.61 Å². The van der Waals surface area contributed by atoms with Crippen LogP contribution in [0.15, 0.2) is 36.9 Å². The van der Waals surface area contributed by atoms with Gasteiger partial charge in [0.25, 0.3) is 0 Å². The Bertz CT molecular complexity index is 371. The standard InChI is InChI=1S/C18H26O/c1-3-13-19-14-16-7-11-18(12-8-16)17-9-5-15(4-2)6-10-17/h4,7-8,11-12,15,17H,2-3,5-6,9-10,13-14H2,1H3. The van der Waals surface area contributed by atoms with Crippen molar-refractivity contribution in [2.45, 2.75) is 51.6 Å². The van der Waals surface area contributed by atoms with Crippen LogP contribution in [0, 0.1) is 5.92 Å². The predicted octanol–water partition coefficient (Wildman–Crippen LogP) is 5.07. The molecule has 0 atom stereocenters. The first-order chi connectivity index (χ1) is 9.33. The lowest BCUT2D eigenvalue weighted by Gasteiger charge is -2.27. The molecule has 1 saturated carbocycles. The zero-order valence-corrected chi connectivity index (χ0v) is 12.1. The van der Waals surface area contributed by atoms with E-state index in [0.717, 1.165) is 31.5 Å². The Kier molecular flexibility index (Phi) is 5.65. The van der Waals surface area contributed by atoms with E-state index in [0.29, 0.717) is 0 Å². The Morgan fingerprint density at radius 2 is 1.84 bits per heavy atom. The van der Waals surface area contributed by atoms with Crippen LogP contribution in [-0.4, -0.2) is 6.61 Å². The molecule has 1 nitrogen and oxygen atoms in total. The first-order valence-electron chi connectivity index (χ1n) is 7.62. The van der Waals surface area contributed by atoms with Crippen LogP contribution in [0.1, 0.15) is 56.1 Å². The molecule has 19 heavy (non-hydrogen) atoms. The summed E-state index contributed by atoms with van der Waals surface area (Å²) in [5.41, 5.74) is 2.79. The van der Waals surface area contributed by atoms with Gasteiger partial charge in [-0.05, 0) is 55.1 Å². The molecule has 1 fully saturated rings. The van der Waals surface area contributed by atoms with Gasteiger partial charge in [0, 0.05) is 6.61 Å². The van der Waals surface area contributed by atoms with Gasteiger partial charge in [0.2, 0.25) is 0 Å². The molecule has 0 unspecified atom stereocenters. The molecular formula is C18H26O. The Morgan fingerprint density at radius 1 is 1.16 bits per heavy atom. The van der Waals surface area contributed by atoms with E-state index in [1.807, 2.05) is 0 Å². The van der Waals surface area contributed by atoms with Crippen LogP contribution in [0.4, 0.5) is 0 Å². The normalized spacial score (nSPS) is 23.2. The maximum Gasteiger partial charge on any atom is 0.0716 e. The summed E-state index contributed by atoms with van der Waals surface area (Å²) >= 11 is 0. The third-order valence-corrected chi connectivity index (χ3v) is 4.17. The number of allylic oxidation sites excluding steroid dienone is 1. The van der Waals surface area contributed by atoms with Gasteiger partial charge in [-0.3, -0.25) is 0 Å². The Hall–Kier alpha value is -1.08. The molecule has 0 spiro atoms. The molecule has 0 saturated heterocycles. The Morgan fingerprint density at radius 3 is 2.42 bits per heavy atom. The van der Waals surface area contributed by atoms with E-state index in [9.17, 15) is 0 Å². The summed E-state index contributed by atoms with van der Waals surface area (Å²) in [5, 5.41) is 0. The highest BCUT2D eigenvalue weighted by molar-refractivity contribution is 5.25. The van der Waals surface area contributed by atoms with E-state index >= 15 is 0 Å². The van der Waals surface area contributed by atoms with Crippen molar-refractivity contribution in [1.82, 2.24) is 0 Å². The second kappa shape index (κ2) is 7.49. The largest absolute Gasteiger partial charge is 0.377 e. The second-order valence-electron chi connectivity index (χ2n) is 5.64. The quantitative estimate of drug-likeness (QED) is 0.511. The van der Waals surface area contributed by atoms with Crippen molar-refractivity contribution >= 4 is 0 Å². The number of hydrogen-bond acceptors (Lipinski definition) is 1. The maximum atomic E-state index is 5.57. The van der Waals surface area contributed by atoms with Gasteiger partial charge in [0.1, 0.15) is 0 Å². The first kappa shape index (κ1) is 14.3. The molecule has 1 aliphatic rings. The van der Waals surface area contributed by atoms with E-state index in [1.165, 1.54) is 36.8 Å². The highest BCUT2D eigenvalue weighted by atomic mass is 16.5. The summed E-state index contributed by atoms with van der Waals surface area (Å²) in [7, 11) is 0. The van der Waals surface area contributed by atoms with Crippen LogP contribution in [0.25, 0.3) is 0 Å². The summed E-state index contributed by atoms with van der Waals surface area (Å²) in [4.78, 5) is 0. The van der Waals surface area contributed by atoms with Crippen LogP contribution in [-0.2, 0) is 11.3 Å². The molecule has 104 valence electrons. The van der Waals surface area contributed by atoms with Crippen LogP contribution in [0.3, 0.4) is 0 Å². The van der Waals surface area contributed by atoms with Crippen molar-refractivity contribution in [2.24, 2.45) is 5.92 Å². The fourth-order valence-electron chi connectivity index (χ4n) is 2.91. The fraction of sp³-hybridized carbons (Fsp3) is 0.556. The molecule has 2 rings (SSSR count). The SMILES string of the molecule is C=CC1CCC(c2ccc(COCCC)cc2)CC1. The lowest BCUT2D eigenvalue weighted by molar-refractivity contribution is 0.121. The minimum atomic E-state index is 0.747. The van der Waals surface area contributed by atoms with Gasteiger partial charge in [-0.15, -0.1) is 6.58 Å². The highest BCUT2D eigenvalue weighted by Gasteiger charge is 2.20. The van der Waals surface area contributed by atoms with E-state index in [1.54, 1.807) is 0 Å². The molecule has 0 heterocycles. The van der Waals surface area contributed by atoms with Crippen molar-refractivity contribution in [3.63, 3.8) is 0 Å². The summed E-state index contributed by atoms with van der Waals surface area (Å²) in [5.74, 6) is 1.50. The lowest BCUT2D eigenvalue weighted by Crippen LogP contribution is -2.11. The van der Waals surface area contributed by atoms with Gasteiger partial charge in [-0.2, -0.15) is 0 Å². The van der Waals surface area contributed by atoms with Crippen LogP contribution < -0.4 is 0 Å². The summed E-state index contributed by atoms with van der Waals surface area (Å²) < 4.78 is 5.57. The predicted molar refractivity (Wildman–Crippen MR) is 81.3 cm³/mol. The highest BCUT2D eigenvalue weighted by Crippen LogP contribution is 2.36. The smallest absolute Gasteiger partial charge is 0.0716 e. The minimum absolute atomic E-state index is 0.747. The molecular weight excluding hydrogens is 232 g/mol. The van der Waals surface area contributed by atoms with Crippen molar-refractivity contribution < 1.29 is 4.74 Å². The molecule has 0 aromatic heterocycles. The number of rotatable bonds is 6. The molecule has 0 bridgehead atoms. The average Bonchev–Trinajstić information content (AvgIpc) is 2.48. The topological polar surface area (TPSA) is 9.23 Å². The molecule has 0 N–H and O–H groups in total. The van der Waals surface area contributed by atoms with Gasteiger partial charge in [0.15, 0.2) is 0 Å². The van der Waals surface area contributed by atoms with Crippen LogP contribution in [0.2, 0.25) is 0 Å². The van der Waals surface area contributed by atoms with Crippen LogP contribution >= 0.6 is 0 Å². The Labute approximate surface area is 117 Å². The van der Waals surface area contributed by atoms with Gasteiger partial charge in [-0.1, -0.05) is 37.3 Å². The third-order valence-electron chi connectivity index (χ3n) is 4.17. The van der Waals surface area contributed by atoms with Gasteiger partial charge in [-0.25, -0.2) is 0 Å². The monoisotopic (exact) mass is 258 g/mol. The van der Waals surface area contributed by atoms with Gasteiger partial charge in [0.05, 0.1) is 6.61 Å². The zero-order chi connectivity index (χ0) is 13.5. The summed E-state index contributed by atoms with van der Waals surface area (Å²) in [6.07, 6.45) is 8.44. The van der Waals surface area contributed by atoms with E-state index in [4.69, 9.17) is 4.74 Å². The summed E-state index contributed by atoms with van der Waals surface area (Å²) in [6.45, 7) is 7.66. The first-order valence-corrected chi connectivity index (χ1v) is 7.62. The average molecular weight is 258 g/mol. The minimum Gasteiger partial charge on any atom is -0.377 e. The number of benzene rings is 1. The summed E-state index contributed by atoms with van der Waals surface area (Å²) in [6, 6.07) is 9.04. The fourth-order valence-corrected chi connectivity index (χ4v) is 2.91. The lowest BCUT2D eigenvalue weighted by atomic mass is 9.79. The number of ether oxygens (including phenoxy) is 1. The molecule has 1 aromatic carbocycles. The zero-order valence-electron chi connectivity index (χ0n) is 12.1. The van der Waals surface area contributed by atoms with Gasteiger partial charge < -0.3 is 4.74 Å². The maximum absolute atomic E-state index is 5.57. The molecule has 0 aliphatic heterocycles. The van der Waals surface area contributed by atoms with Crippen molar-refractivity contribution in [3.8, 4) is 0 Å². The third kappa shape index (κ3) is 4.21. The van der Waals surface area contributed by atoms with E-state index in [2.05, 4.69) is 43.8 Å². The Balaban J connectivity index is 1.86. The van der Waals surface area contributed by atoms with Gasteiger partial charge >= 0.3 is 0 Å².